The highest BCUT2D eigenvalue weighted by molar-refractivity contribution is 5.85. The lowest BCUT2D eigenvalue weighted by Crippen LogP contribution is -2.16. The first-order valence-electron chi connectivity index (χ1n) is 5.80. The van der Waals surface area contributed by atoms with Crippen LogP contribution in [0.2, 0.25) is 0 Å². The maximum Gasteiger partial charge on any atom is 0.119 e. The second-order valence-corrected chi connectivity index (χ2v) is 5.54. The van der Waals surface area contributed by atoms with Crippen molar-refractivity contribution in [1.82, 2.24) is 0 Å². The van der Waals surface area contributed by atoms with Crippen LogP contribution in [0.15, 0.2) is 36.4 Å². The Bertz CT molecular complexity index is 524. The Labute approximate surface area is 102 Å². The van der Waals surface area contributed by atoms with Crippen LogP contribution in [0.4, 0.5) is 0 Å². The average molecular weight is 230 g/mol. The van der Waals surface area contributed by atoms with Gasteiger partial charge < -0.3 is 9.84 Å². The number of phenolic OH excluding ortho intramolecular Hbond substituents is 1. The molecule has 90 valence electrons. The van der Waals surface area contributed by atoms with Crippen LogP contribution >= 0.6 is 0 Å². The second kappa shape index (κ2) is 4.28. The number of benzene rings is 2. The summed E-state index contributed by atoms with van der Waals surface area (Å²) in [6.07, 6.45) is 0. The van der Waals surface area contributed by atoms with Gasteiger partial charge in [-0.2, -0.15) is 0 Å². The van der Waals surface area contributed by atoms with Gasteiger partial charge in [0.25, 0.3) is 0 Å². The zero-order valence-corrected chi connectivity index (χ0v) is 10.5. The van der Waals surface area contributed by atoms with Gasteiger partial charge in [-0.1, -0.05) is 32.9 Å². The van der Waals surface area contributed by atoms with Gasteiger partial charge in [-0.15, -0.1) is 0 Å². The van der Waals surface area contributed by atoms with E-state index < -0.39 is 0 Å². The van der Waals surface area contributed by atoms with Crippen molar-refractivity contribution in [2.45, 2.75) is 20.8 Å². The summed E-state index contributed by atoms with van der Waals surface area (Å²) in [6.45, 7) is 7.13. The molecule has 0 amide bonds. The van der Waals surface area contributed by atoms with Gasteiger partial charge in [-0.3, -0.25) is 0 Å². The molecular formula is C15H18O2. The minimum atomic E-state index is 0.157. The summed E-state index contributed by atoms with van der Waals surface area (Å²) in [7, 11) is 0. The summed E-state index contributed by atoms with van der Waals surface area (Å²) in [6, 6.07) is 11.2. The minimum absolute atomic E-state index is 0.157. The molecule has 0 radical (unpaired) electrons. The molecule has 0 unspecified atom stereocenters. The van der Waals surface area contributed by atoms with E-state index in [1.165, 1.54) is 0 Å². The summed E-state index contributed by atoms with van der Waals surface area (Å²) in [5.74, 6) is 1.17. The fourth-order valence-electron chi connectivity index (χ4n) is 1.60. The SMILES string of the molecule is CC(C)(C)COc1ccc2cc(O)ccc2c1. The maximum absolute atomic E-state index is 9.38. The van der Waals surface area contributed by atoms with Crippen LogP contribution in [0.5, 0.6) is 11.5 Å². The predicted molar refractivity (Wildman–Crippen MR) is 70.6 cm³/mol. The normalized spacial score (nSPS) is 11.7. The molecule has 0 saturated carbocycles. The molecule has 2 aromatic rings. The molecule has 0 atom stereocenters. The molecule has 2 aromatic carbocycles. The Kier molecular flexibility index (Phi) is 2.97. The van der Waals surface area contributed by atoms with E-state index >= 15 is 0 Å². The van der Waals surface area contributed by atoms with Gasteiger partial charge >= 0.3 is 0 Å². The Morgan fingerprint density at radius 2 is 1.65 bits per heavy atom. The number of rotatable bonds is 2. The molecule has 0 aliphatic carbocycles. The van der Waals surface area contributed by atoms with Gasteiger partial charge in [0.05, 0.1) is 6.61 Å². The fraction of sp³-hybridized carbons (Fsp3) is 0.333. The van der Waals surface area contributed by atoms with Gasteiger partial charge in [0, 0.05) is 0 Å². The van der Waals surface area contributed by atoms with Gasteiger partial charge in [0.2, 0.25) is 0 Å². The molecular weight excluding hydrogens is 212 g/mol. The summed E-state index contributed by atoms with van der Waals surface area (Å²) in [4.78, 5) is 0. The number of hydrogen-bond acceptors (Lipinski definition) is 2. The first-order chi connectivity index (χ1) is 7.94. The number of ether oxygens (including phenoxy) is 1. The third-order valence-electron chi connectivity index (χ3n) is 2.47. The van der Waals surface area contributed by atoms with Crippen molar-refractivity contribution in [3.8, 4) is 11.5 Å². The quantitative estimate of drug-likeness (QED) is 0.845. The molecule has 17 heavy (non-hydrogen) atoms. The number of fused-ring (bicyclic) bond motifs is 1. The first-order valence-corrected chi connectivity index (χ1v) is 5.80. The van der Waals surface area contributed by atoms with Crippen LogP contribution in [0, 0.1) is 5.41 Å². The van der Waals surface area contributed by atoms with Crippen LogP contribution in [-0.2, 0) is 0 Å². The van der Waals surface area contributed by atoms with Gasteiger partial charge in [-0.25, -0.2) is 0 Å². The first kappa shape index (κ1) is 11.8. The third-order valence-corrected chi connectivity index (χ3v) is 2.47. The highest BCUT2D eigenvalue weighted by Gasteiger charge is 2.11. The topological polar surface area (TPSA) is 29.5 Å². The summed E-state index contributed by atoms with van der Waals surface area (Å²) in [5, 5.41) is 11.5. The molecule has 0 saturated heterocycles. The lowest BCUT2D eigenvalue weighted by Gasteiger charge is -2.19. The predicted octanol–water partition coefficient (Wildman–Crippen LogP) is 3.97. The Morgan fingerprint density at radius 3 is 2.35 bits per heavy atom. The molecule has 0 spiro atoms. The number of aromatic hydroxyl groups is 1. The Balaban J connectivity index is 2.23. The molecule has 0 aliphatic heterocycles. The van der Waals surface area contributed by atoms with Crippen LogP contribution in [0.25, 0.3) is 10.8 Å². The molecule has 2 heteroatoms. The largest absolute Gasteiger partial charge is 0.508 e. The van der Waals surface area contributed by atoms with Crippen molar-refractivity contribution in [3.63, 3.8) is 0 Å². The molecule has 0 aromatic heterocycles. The molecule has 0 fully saturated rings. The van der Waals surface area contributed by atoms with Crippen LogP contribution < -0.4 is 4.74 Å². The minimum Gasteiger partial charge on any atom is -0.508 e. The van der Waals surface area contributed by atoms with Crippen molar-refractivity contribution < 1.29 is 9.84 Å². The number of hydrogen-bond donors (Lipinski definition) is 1. The standard InChI is InChI=1S/C15H18O2/c1-15(2,3)10-17-14-7-5-11-8-13(16)6-4-12(11)9-14/h4-9,16H,10H2,1-3H3. The van der Waals surface area contributed by atoms with E-state index in [0.717, 1.165) is 16.5 Å². The van der Waals surface area contributed by atoms with E-state index in [-0.39, 0.29) is 5.41 Å². The lowest BCUT2D eigenvalue weighted by atomic mass is 9.99. The van der Waals surface area contributed by atoms with Crippen molar-refractivity contribution in [2.75, 3.05) is 6.61 Å². The zero-order chi connectivity index (χ0) is 12.5. The smallest absolute Gasteiger partial charge is 0.119 e. The van der Waals surface area contributed by atoms with E-state index in [0.29, 0.717) is 12.4 Å². The number of phenols is 1. The Hall–Kier alpha value is -1.70. The summed E-state index contributed by atoms with van der Waals surface area (Å²) >= 11 is 0. The molecule has 2 nitrogen and oxygen atoms in total. The molecule has 0 heterocycles. The monoisotopic (exact) mass is 230 g/mol. The van der Waals surface area contributed by atoms with E-state index in [4.69, 9.17) is 4.74 Å². The third kappa shape index (κ3) is 3.13. The highest BCUT2D eigenvalue weighted by atomic mass is 16.5. The van der Waals surface area contributed by atoms with Crippen LogP contribution in [0.3, 0.4) is 0 Å². The van der Waals surface area contributed by atoms with E-state index in [9.17, 15) is 5.11 Å². The molecule has 0 aliphatic rings. The molecule has 2 rings (SSSR count). The Morgan fingerprint density at radius 1 is 1.00 bits per heavy atom. The van der Waals surface area contributed by atoms with Gasteiger partial charge in [0.1, 0.15) is 11.5 Å². The summed E-state index contributed by atoms with van der Waals surface area (Å²) in [5.41, 5.74) is 0.157. The fourth-order valence-corrected chi connectivity index (χ4v) is 1.60. The second-order valence-electron chi connectivity index (χ2n) is 5.54. The van der Waals surface area contributed by atoms with Gasteiger partial charge in [0.15, 0.2) is 0 Å². The van der Waals surface area contributed by atoms with E-state index in [1.807, 2.05) is 24.3 Å². The lowest BCUT2D eigenvalue weighted by molar-refractivity contribution is 0.198. The average Bonchev–Trinajstić information content (AvgIpc) is 2.25. The van der Waals surface area contributed by atoms with E-state index in [2.05, 4.69) is 20.8 Å². The van der Waals surface area contributed by atoms with Crippen molar-refractivity contribution in [2.24, 2.45) is 5.41 Å². The molecule has 0 bridgehead atoms. The summed E-state index contributed by atoms with van der Waals surface area (Å²) < 4.78 is 5.75. The maximum atomic E-state index is 9.38. The van der Waals surface area contributed by atoms with Gasteiger partial charge in [-0.05, 0) is 40.5 Å². The highest BCUT2D eigenvalue weighted by Crippen LogP contribution is 2.25. The van der Waals surface area contributed by atoms with Crippen molar-refractivity contribution >= 4 is 10.8 Å². The zero-order valence-electron chi connectivity index (χ0n) is 10.5. The molecule has 1 N–H and O–H groups in total. The van der Waals surface area contributed by atoms with Crippen molar-refractivity contribution in [1.29, 1.82) is 0 Å². The van der Waals surface area contributed by atoms with E-state index in [1.54, 1.807) is 12.1 Å². The van der Waals surface area contributed by atoms with Crippen LogP contribution in [-0.4, -0.2) is 11.7 Å². The van der Waals surface area contributed by atoms with Crippen LogP contribution in [0.1, 0.15) is 20.8 Å². The van der Waals surface area contributed by atoms with Crippen molar-refractivity contribution in [3.05, 3.63) is 36.4 Å².